The molecule has 1 fully saturated rings. The average molecular weight is 252 g/mol. The average Bonchev–Trinajstić information content (AvgIpc) is 2.92. The lowest BCUT2D eigenvalue weighted by atomic mass is 10.1. The van der Waals surface area contributed by atoms with Gasteiger partial charge in [0.1, 0.15) is 0 Å². The van der Waals surface area contributed by atoms with Crippen molar-refractivity contribution < 1.29 is 4.79 Å². The Kier molecular flexibility index (Phi) is 4.63. The molecule has 0 aliphatic carbocycles. The van der Waals surface area contributed by atoms with E-state index in [2.05, 4.69) is 27.5 Å². The number of hydrogen-bond donors (Lipinski definition) is 1. The van der Waals surface area contributed by atoms with Crippen molar-refractivity contribution in [1.82, 2.24) is 25.6 Å². The van der Waals surface area contributed by atoms with Crippen LogP contribution in [0.3, 0.4) is 0 Å². The molecule has 0 radical (unpaired) electrons. The summed E-state index contributed by atoms with van der Waals surface area (Å²) in [6, 6.07) is 0. The first-order chi connectivity index (χ1) is 8.83. The van der Waals surface area contributed by atoms with Crippen LogP contribution >= 0.6 is 0 Å². The van der Waals surface area contributed by atoms with Crippen LogP contribution in [0.15, 0.2) is 0 Å². The van der Waals surface area contributed by atoms with Crippen molar-refractivity contribution in [2.75, 3.05) is 18.1 Å². The normalized spacial score (nSPS) is 16.7. The summed E-state index contributed by atoms with van der Waals surface area (Å²) in [5.74, 6) is 0.496. The number of carbonyl (C=O) groups is 1. The molecule has 7 nitrogen and oxygen atoms in total. The molecule has 2 rings (SSSR count). The van der Waals surface area contributed by atoms with Gasteiger partial charge in [0.05, 0.1) is 0 Å². The Balaban J connectivity index is 2.09. The zero-order valence-electron chi connectivity index (χ0n) is 10.8. The minimum absolute atomic E-state index is 0.0669. The van der Waals surface area contributed by atoms with Crippen LogP contribution in [0.4, 0.5) is 5.95 Å². The van der Waals surface area contributed by atoms with E-state index < -0.39 is 0 Å². The molecule has 0 unspecified atom stereocenters. The van der Waals surface area contributed by atoms with Crippen LogP contribution in [0, 0.1) is 0 Å². The fourth-order valence-corrected chi connectivity index (χ4v) is 2.16. The van der Waals surface area contributed by atoms with Gasteiger partial charge in [0, 0.05) is 19.5 Å². The number of unbranched alkanes of at least 4 members (excludes halogenated alkanes) is 1. The monoisotopic (exact) mass is 252 g/mol. The van der Waals surface area contributed by atoms with Crippen molar-refractivity contribution >= 4 is 11.9 Å². The number of nitrogens with one attached hydrogen (secondary N) is 1. The molecular formula is C11H20N6O. The highest BCUT2D eigenvalue weighted by Crippen LogP contribution is 2.17. The van der Waals surface area contributed by atoms with Crippen LogP contribution in [0.25, 0.3) is 0 Å². The number of tetrazole rings is 1. The number of carbonyl (C=O) groups excluding carboxylic acids is 1. The van der Waals surface area contributed by atoms with Crippen molar-refractivity contribution in [1.29, 1.82) is 0 Å². The van der Waals surface area contributed by atoms with Gasteiger partial charge in [0.2, 0.25) is 5.91 Å². The Hall–Kier alpha value is -1.50. The number of anilines is 1. The second-order valence-electron chi connectivity index (χ2n) is 4.55. The molecule has 0 aromatic carbocycles. The van der Waals surface area contributed by atoms with Gasteiger partial charge in [-0.05, 0) is 29.7 Å². The molecule has 100 valence electrons. The van der Waals surface area contributed by atoms with Crippen molar-refractivity contribution in [3.8, 4) is 0 Å². The van der Waals surface area contributed by atoms with Crippen LogP contribution in [-0.4, -0.2) is 44.6 Å². The number of rotatable bonds is 5. The van der Waals surface area contributed by atoms with E-state index in [1.54, 1.807) is 5.01 Å². The summed E-state index contributed by atoms with van der Waals surface area (Å²) in [5, 5.41) is 17.3. The van der Waals surface area contributed by atoms with Crippen LogP contribution in [-0.2, 0) is 4.79 Å². The van der Waals surface area contributed by atoms with Gasteiger partial charge in [-0.25, -0.2) is 15.1 Å². The molecule has 0 bridgehead atoms. The first kappa shape index (κ1) is 12.9. The summed E-state index contributed by atoms with van der Waals surface area (Å²) in [6.45, 7) is 3.85. The number of hydrogen-bond acceptors (Lipinski definition) is 5. The molecule has 0 atom stereocenters. The third kappa shape index (κ3) is 3.04. The highest BCUT2D eigenvalue weighted by Gasteiger charge is 2.26. The predicted octanol–water partition coefficient (Wildman–Crippen LogP) is 1.12. The molecular weight excluding hydrogens is 232 g/mol. The molecule has 1 aliphatic heterocycles. The van der Waals surface area contributed by atoms with Gasteiger partial charge < -0.3 is 0 Å². The van der Waals surface area contributed by atoms with Gasteiger partial charge in [-0.1, -0.05) is 24.9 Å². The van der Waals surface area contributed by atoms with Gasteiger partial charge in [0.25, 0.3) is 5.95 Å². The minimum Gasteiger partial charge on any atom is -0.273 e. The Labute approximate surface area is 106 Å². The van der Waals surface area contributed by atoms with Crippen molar-refractivity contribution in [3.63, 3.8) is 0 Å². The molecule has 7 heteroatoms. The standard InChI is InChI=1S/C11H20N6O/c1-2-3-7-10(18)17(11-12-14-15-13-11)16-8-5-4-6-9-16/h2-9H2,1H3,(H,12,13,14,15). The molecule has 0 spiro atoms. The summed E-state index contributed by atoms with van der Waals surface area (Å²) >= 11 is 0. The van der Waals surface area contributed by atoms with E-state index in [1.807, 2.05) is 5.01 Å². The summed E-state index contributed by atoms with van der Waals surface area (Å²) in [7, 11) is 0. The van der Waals surface area contributed by atoms with Gasteiger partial charge in [-0.2, -0.15) is 0 Å². The lowest BCUT2D eigenvalue weighted by molar-refractivity contribution is -0.122. The van der Waals surface area contributed by atoms with Gasteiger partial charge in [-0.3, -0.25) is 4.79 Å². The van der Waals surface area contributed by atoms with E-state index in [1.165, 1.54) is 6.42 Å². The number of aromatic amines is 1. The van der Waals surface area contributed by atoms with Crippen molar-refractivity contribution in [2.45, 2.75) is 45.4 Å². The second kappa shape index (κ2) is 6.44. The lowest BCUT2D eigenvalue weighted by Gasteiger charge is -2.35. The number of nitrogens with zero attached hydrogens (tertiary/aromatic N) is 5. The van der Waals surface area contributed by atoms with E-state index >= 15 is 0 Å². The molecule has 0 saturated carbocycles. The topological polar surface area (TPSA) is 78.0 Å². The zero-order valence-corrected chi connectivity index (χ0v) is 10.8. The third-order valence-corrected chi connectivity index (χ3v) is 3.13. The Bertz CT molecular complexity index is 360. The molecule has 1 aliphatic rings. The van der Waals surface area contributed by atoms with E-state index in [0.29, 0.717) is 12.4 Å². The number of H-pyrrole nitrogens is 1. The lowest BCUT2D eigenvalue weighted by Crippen LogP contribution is -2.49. The minimum atomic E-state index is 0.0669. The van der Waals surface area contributed by atoms with Crippen LogP contribution in [0.5, 0.6) is 0 Å². The molecule has 18 heavy (non-hydrogen) atoms. The largest absolute Gasteiger partial charge is 0.273 e. The van der Waals surface area contributed by atoms with Gasteiger partial charge in [0.15, 0.2) is 0 Å². The summed E-state index contributed by atoms with van der Waals surface area (Å²) in [5.41, 5.74) is 0. The SMILES string of the molecule is CCCCC(=O)N(c1nnn[nH]1)N1CCCCC1. The van der Waals surface area contributed by atoms with E-state index in [-0.39, 0.29) is 5.91 Å². The van der Waals surface area contributed by atoms with Crippen molar-refractivity contribution in [3.05, 3.63) is 0 Å². The fraction of sp³-hybridized carbons (Fsp3) is 0.818. The maximum atomic E-state index is 12.3. The molecule has 1 aromatic heterocycles. The van der Waals surface area contributed by atoms with E-state index in [9.17, 15) is 4.79 Å². The molecule has 1 aromatic rings. The molecule has 1 saturated heterocycles. The molecule has 2 heterocycles. The van der Waals surface area contributed by atoms with Crippen molar-refractivity contribution in [2.24, 2.45) is 0 Å². The summed E-state index contributed by atoms with van der Waals surface area (Å²) in [6.07, 6.45) is 5.88. The number of amides is 1. The Morgan fingerprint density at radius 2 is 2.17 bits per heavy atom. The zero-order chi connectivity index (χ0) is 12.8. The predicted molar refractivity (Wildman–Crippen MR) is 66.6 cm³/mol. The summed E-state index contributed by atoms with van der Waals surface area (Å²) in [4.78, 5) is 12.3. The first-order valence-electron chi connectivity index (χ1n) is 6.64. The molecule has 1 N–H and O–H groups in total. The van der Waals surface area contributed by atoms with Gasteiger partial charge >= 0.3 is 0 Å². The van der Waals surface area contributed by atoms with Crippen LogP contribution in [0.1, 0.15) is 45.4 Å². The fourth-order valence-electron chi connectivity index (χ4n) is 2.16. The smallest absolute Gasteiger partial charge is 0.264 e. The third-order valence-electron chi connectivity index (χ3n) is 3.13. The quantitative estimate of drug-likeness (QED) is 0.849. The van der Waals surface area contributed by atoms with Crippen LogP contribution in [0.2, 0.25) is 0 Å². The number of aromatic nitrogens is 4. The highest BCUT2D eigenvalue weighted by atomic mass is 16.2. The maximum Gasteiger partial charge on any atom is 0.264 e. The molecule has 1 amide bonds. The van der Waals surface area contributed by atoms with Gasteiger partial charge in [-0.15, -0.1) is 0 Å². The van der Waals surface area contributed by atoms with E-state index in [4.69, 9.17) is 0 Å². The summed E-state index contributed by atoms with van der Waals surface area (Å²) < 4.78 is 0. The highest BCUT2D eigenvalue weighted by molar-refractivity contribution is 5.90. The first-order valence-corrected chi connectivity index (χ1v) is 6.64. The number of hydrazine groups is 1. The Morgan fingerprint density at radius 1 is 1.39 bits per heavy atom. The Morgan fingerprint density at radius 3 is 2.78 bits per heavy atom. The second-order valence-corrected chi connectivity index (χ2v) is 4.55. The maximum absolute atomic E-state index is 12.3. The van der Waals surface area contributed by atoms with Crippen LogP contribution < -0.4 is 5.01 Å². The number of piperidine rings is 1. The van der Waals surface area contributed by atoms with E-state index in [0.717, 1.165) is 38.8 Å².